The molecule has 0 bridgehead atoms. The molecule has 60 heavy (non-hydrogen) atoms. The van der Waals surface area contributed by atoms with Crippen LogP contribution in [0.4, 0.5) is 0 Å². The highest BCUT2D eigenvalue weighted by atomic mass is 16.6. The number of allylic oxidation sites excluding steroid dienone is 10. The zero-order valence-corrected chi connectivity index (χ0v) is 39.5. The maximum Gasteiger partial charge on any atom is 0.306 e. The predicted molar refractivity (Wildman–Crippen MR) is 256 cm³/mol. The summed E-state index contributed by atoms with van der Waals surface area (Å²) in [5.74, 6) is -0.920. The summed E-state index contributed by atoms with van der Waals surface area (Å²) in [5.41, 5.74) is 0. The second-order valence-corrected chi connectivity index (χ2v) is 16.7. The van der Waals surface area contributed by atoms with Crippen LogP contribution in [0.2, 0.25) is 0 Å². The Morgan fingerprint density at radius 2 is 0.650 bits per heavy atom. The number of carbonyl (C=O) groups excluding carboxylic acids is 3. The molecule has 0 spiro atoms. The standard InChI is InChI=1S/C54H94O6/c1-4-7-10-13-16-19-22-25-27-28-30-32-35-38-41-44-47-53(56)59-50-51(49-58-52(55)46-43-40-37-34-31-24-21-18-15-12-9-6-3)60-54(57)48-45-42-39-36-33-29-26-23-20-17-14-11-8-5-2/h8-9,11-12,17-18,20-21,26,29,51H,4-7,10,13-16,19,22-25,27-28,30-50H2,1-3H3/b11-8-,12-9-,20-17-,21-18-,29-26-. The molecular formula is C54H94O6. The Morgan fingerprint density at radius 3 is 1.02 bits per heavy atom. The summed E-state index contributed by atoms with van der Waals surface area (Å²) >= 11 is 0. The van der Waals surface area contributed by atoms with Gasteiger partial charge in [-0.05, 0) is 77.0 Å². The Bertz CT molecular complexity index is 1100. The van der Waals surface area contributed by atoms with E-state index in [9.17, 15) is 14.4 Å². The minimum Gasteiger partial charge on any atom is -0.462 e. The first-order valence-corrected chi connectivity index (χ1v) is 25.3. The molecule has 0 aromatic rings. The number of esters is 3. The molecule has 6 heteroatoms. The van der Waals surface area contributed by atoms with Gasteiger partial charge < -0.3 is 14.2 Å². The summed E-state index contributed by atoms with van der Waals surface area (Å²) < 4.78 is 16.8. The summed E-state index contributed by atoms with van der Waals surface area (Å²) in [6, 6.07) is 0. The maximum absolute atomic E-state index is 12.8. The summed E-state index contributed by atoms with van der Waals surface area (Å²) in [7, 11) is 0. The predicted octanol–water partition coefficient (Wildman–Crippen LogP) is 16.5. The van der Waals surface area contributed by atoms with Crippen molar-refractivity contribution in [3.8, 4) is 0 Å². The van der Waals surface area contributed by atoms with Gasteiger partial charge in [-0.1, -0.05) is 210 Å². The third-order valence-corrected chi connectivity index (χ3v) is 10.8. The maximum atomic E-state index is 12.8. The van der Waals surface area contributed by atoms with Gasteiger partial charge in [0, 0.05) is 19.3 Å². The van der Waals surface area contributed by atoms with Gasteiger partial charge in [0.1, 0.15) is 13.2 Å². The fourth-order valence-corrected chi connectivity index (χ4v) is 7.02. The van der Waals surface area contributed by atoms with Crippen molar-refractivity contribution < 1.29 is 28.6 Å². The highest BCUT2D eigenvalue weighted by Gasteiger charge is 2.19. The number of ether oxygens (including phenoxy) is 3. The van der Waals surface area contributed by atoms with Crippen molar-refractivity contribution in [3.63, 3.8) is 0 Å². The molecule has 0 saturated heterocycles. The van der Waals surface area contributed by atoms with Crippen LogP contribution in [0, 0.1) is 0 Å². The molecule has 0 radical (unpaired) electrons. The van der Waals surface area contributed by atoms with Crippen LogP contribution < -0.4 is 0 Å². The second kappa shape index (κ2) is 48.8. The van der Waals surface area contributed by atoms with Crippen molar-refractivity contribution in [2.45, 2.75) is 252 Å². The highest BCUT2D eigenvalue weighted by molar-refractivity contribution is 5.71. The first-order valence-electron chi connectivity index (χ1n) is 25.3. The number of hydrogen-bond acceptors (Lipinski definition) is 6. The summed E-state index contributed by atoms with van der Waals surface area (Å²) in [5, 5.41) is 0. The molecule has 0 aromatic heterocycles. The average Bonchev–Trinajstić information content (AvgIpc) is 3.24. The van der Waals surface area contributed by atoms with Crippen molar-refractivity contribution in [1.82, 2.24) is 0 Å². The normalized spacial score (nSPS) is 12.5. The van der Waals surface area contributed by atoms with Crippen LogP contribution in [0.1, 0.15) is 245 Å². The largest absolute Gasteiger partial charge is 0.462 e. The van der Waals surface area contributed by atoms with Crippen LogP contribution in [0.25, 0.3) is 0 Å². The molecule has 0 saturated carbocycles. The van der Waals surface area contributed by atoms with Crippen molar-refractivity contribution in [3.05, 3.63) is 60.8 Å². The van der Waals surface area contributed by atoms with E-state index in [4.69, 9.17) is 14.2 Å². The van der Waals surface area contributed by atoms with Gasteiger partial charge in [0.15, 0.2) is 6.10 Å². The smallest absolute Gasteiger partial charge is 0.306 e. The molecule has 1 unspecified atom stereocenters. The van der Waals surface area contributed by atoms with Crippen LogP contribution in [0.5, 0.6) is 0 Å². The van der Waals surface area contributed by atoms with E-state index >= 15 is 0 Å². The lowest BCUT2D eigenvalue weighted by Gasteiger charge is -2.18. The SMILES string of the molecule is CC/C=C\C/C=C\C/C=C\CCCCCCC(=O)OC(COC(=O)CCCCCCC/C=C\C/C=C\CC)COC(=O)CCCCCCCCCCCCCCCCCC. The fourth-order valence-electron chi connectivity index (χ4n) is 7.02. The van der Waals surface area contributed by atoms with Crippen molar-refractivity contribution in [2.75, 3.05) is 13.2 Å². The van der Waals surface area contributed by atoms with Gasteiger partial charge in [0.2, 0.25) is 0 Å². The Balaban J connectivity index is 4.39. The van der Waals surface area contributed by atoms with E-state index in [2.05, 4.69) is 81.5 Å². The number of carbonyl (C=O) groups is 3. The molecule has 0 rings (SSSR count). The third kappa shape index (κ3) is 46.2. The first-order chi connectivity index (χ1) is 29.5. The summed E-state index contributed by atoms with van der Waals surface area (Å²) in [4.78, 5) is 37.9. The van der Waals surface area contributed by atoms with Crippen LogP contribution in [0.3, 0.4) is 0 Å². The minimum atomic E-state index is -0.788. The molecule has 0 heterocycles. The molecule has 0 fully saturated rings. The van der Waals surface area contributed by atoms with E-state index < -0.39 is 6.10 Å². The van der Waals surface area contributed by atoms with E-state index in [-0.39, 0.29) is 31.1 Å². The van der Waals surface area contributed by atoms with Crippen LogP contribution >= 0.6 is 0 Å². The number of rotatable bonds is 45. The number of unbranched alkanes of at least 4 members (excludes halogenated alkanes) is 24. The van der Waals surface area contributed by atoms with Gasteiger partial charge in [-0.2, -0.15) is 0 Å². The lowest BCUT2D eigenvalue weighted by atomic mass is 10.0. The Kier molecular flexibility index (Phi) is 46.4. The van der Waals surface area contributed by atoms with E-state index in [1.54, 1.807) is 0 Å². The van der Waals surface area contributed by atoms with Gasteiger partial charge in [-0.15, -0.1) is 0 Å². The van der Waals surface area contributed by atoms with Gasteiger partial charge >= 0.3 is 17.9 Å². The van der Waals surface area contributed by atoms with Crippen LogP contribution in [-0.4, -0.2) is 37.2 Å². The molecule has 346 valence electrons. The molecule has 0 aliphatic carbocycles. The van der Waals surface area contributed by atoms with Crippen molar-refractivity contribution in [1.29, 1.82) is 0 Å². The lowest BCUT2D eigenvalue weighted by molar-refractivity contribution is -0.167. The Hall–Kier alpha value is -2.89. The zero-order chi connectivity index (χ0) is 43.7. The zero-order valence-electron chi connectivity index (χ0n) is 39.5. The first kappa shape index (κ1) is 57.1. The third-order valence-electron chi connectivity index (χ3n) is 10.8. The van der Waals surface area contributed by atoms with Gasteiger partial charge in [0.05, 0.1) is 0 Å². The lowest BCUT2D eigenvalue weighted by Crippen LogP contribution is -2.30. The molecule has 0 aliphatic rings. The second-order valence-electron chi connectivity index (χ2n) is 16.7. The van der Waals surface area contributed by atoms with Gasteiger partial charge in [-0.25, -0.2) is 0 Å². The van der Waals surface area contributed by atoms with E-state index in [1.165, 1.54) is 83.5 Å². The summed E-state index contributed by atoms with van der Waals surface area (Å²) in [6.07, 6.45) is 59.2. The average molecular weight is 839 g/mol. The van der Waals surface area contributed by atoms with Gasteiger partial charge in [0.25, 0.3) is 0 Å². The fraction of sp³-hybridized carbons (Fsp3) is 0.759. The van der Waals surface area contributed by atoms with E-state index in [0.717, 1.165) is 122 Å². The Labute approximate surface area is 370 Å². The monoisotopic (exact) mass is 839 g/mol. The molecule has 0 amide bonds. The van der Waals surface area contributed by atoms with Gasteiger partial charge in [-0.3, -0.25) is 14.4 Å². The van der Waals surface area contributed by atoms with Crippen LogP contribution in [0.15, 0.2) is 60.8 Å². The highest BCUT2D eigenvalue weighted by Crippen LogP contribution is 2.15. The quantitative estimate of drug-likeness (QED) is 0.0263. The Morgan fingerprint density at radius 1 is 0.350 bits per heavy atom. The van der Waals surface area contributed by atoms with E-state index in [1.807, 2.05) is 0 Å². The van der Waals surface area contributed by atoms with Crippen LogP contribution in [-0.2, 0) is 28.6 Å². The molecule has 1 atom stereocenters. The molecule has 0 aliphatic heterocycles. The number of hydrogen-bond donors (Lipinski definition) is 0. The molecule has 6 nitrogen and oxygen atoms in total. The van der Waals surface area contributed by atoms with Crippen molar-refractivity contribution in [2.24, 2.45) is 0 Å². The van der Waals surface area contributed by atoms with E-state index in [0.29, 0.717) is 19.3 Å². The van der Waals surface area contributed by atoms with Crippen molar-refractivity contribution >= 4 is 17.9 Å². The minimum absolute atomic E-state index is 0.0863. The topological polar surface area (TPSA) is 78.9 Å². The molecule has 0 aromatic carbocycles. The summed E-state index contributed by atoms with van der Waals surface area (Å²) in [6.45, 7) is 6.39. The molecule has 0 N–H and O–H groups in total. The molecular weight excluding hydrogens is 745 g/mol.